The van der Waals surface area contributed by atoms with E-state index in [2.05, 4.69) is 5.32 Å². The lowest BCUT2D eigenvalue weighted by atomic mass is 9.83. The van der Waals surface area contributed by atoms with E-state index in [4.69, 9.17) is 0 Å². The summed E-state index contributed by atoms with van der Waals surface area (Å²) in [6.45, 7) is 4.41. The Morgan fingerprint density at radius 1 is 1.25 bits per heavy atom. The smallest absolute Gasteiger partial charge is 0.223 e. The molecule has 1 amide bonds. The lowest BCUT2D eigenvalue weighted by Gasteiger charge is -2.28. The number of hydrogen-bond acceptors (Lipinski definition) is 1. The number of carbonyl (C=O) groups is 1. The molecule has 1 N–H and O–H groups in total. The molecule has 0 heterocycles. The minimum Gasteiger partial charge on any atom is -0.355 e. The molecule has 0 unspecified atom stereocenters. The van der Waals surface area contributed by atoms with E-state index in [0.717, 1.165) is 25.7 Å². The number of rotatable bonds is 4. The van der Waals surface area contributed by atoms with Crippen LogP contribution >= 0.6 is 0 Å². The van der Waals surface area contributed by atoms with Crippen molar-refractivity contribution < 1.29 is 9.18 Å². The lowest BCUT2D eigenvalue weighted by molar-refractivity contribution is -0.126. The minimum absolute atomic E-state index is 0.133. The molecule has 1 saturated carbocycles. The molecule has 0 bridgehead atoms. The number of nitrogens with one attached hydrogen (secondary N) is 1. The van der Waals surface area contributed by atoms with Gasteiger partial charge in [-0.25, -0.2) is 4.39 Å². The van der Waals surface area contributed by atoms with Crippen molar-refractivity contribution in [1.29, 1.82) is 0 Å². The maximum atomic E-state index is 13.9. The molecule has 0 aliphatic heterocycles. The van der Waals surface area contributed by atoms with Gasteiger partial charge in [0.1, 0.15) is 5.82 Å². The Kier molecular flexibility index (Phi) is 4.79. The summed E-state index contributed by atoms with van der Waals surface area (Å²) < 4.78 is 13.9. The van der Waals surface area contributed by atoms with Gasteiger partial charge in [-0.05, 0) is 24.5 Å². The Balaban J connectivity index is 1.95. The summed E-state index contributed by atoms with van der Waals surface area (Å²) in [7, 11) is 0. The van der Waals surface area contributed by atoms with Crippen molar-refractivity contribution >= 4 is 5.91 Å². The molecule has 2 rings (SSSR count). The molecular formula is C17H24FNO. The van der Waals surface area contributed by atoms with Crippen LogP contribution in [-0.4, -0.2) is 12.5 Å². The first-order valence-electron chi connectivity index (χ1n) is 7.53. The average molecular weight is 277 g/mol. The van der Waals surface area contributed by atoms with E-state index in [0.29, 0.717) is 12.1 Å². The predicted molar refractivity (Wildman–Crippen MR) is 79.0 cm³/mol. The number of hydrogen-bond donors (Lipinski definition) is 1. The van der Waals surface area contributed by atoms with Gasteiger partial charge in [0.05, 0.1) is 0 Å². The molecule has 1 aromatic carbocycles. The van der Waals surface area contributed by atoms with Crippen LogP contribution in [0.1, 0.15) is 51.5 Å². The zero-order valence-electron chi connectivity index (χ0n) is 12.4. The summed E-state index contributed by atoms with van der Waals surface area (Å²) >= 11 is 0. The van der Waals surface area contributed by atoms with Gasteiger partial charge in [-0.2, -0.15) is 0 Å². The van der Waals surface area contributed by atoms with Crippen molar-refractivity contribution in [2.24, 2.45) is 5.92 Å². The minimum atomic E-state index is -0.393. The summed E-state index contributed by atoms with van der Waals surface area (Å²) in [5.41, 5.74) is 0.263. The van der Waals surface area contributed by atoms with E-state index in [9.17, 15) is 9.18 Å². The van der Waals surface area contributed by atoms with Crippen LogP contribution in [0.4, 0.5) is 4.39 Å². The summed E-state index contributed by atoms with van der Waals surface area (Å²) in [4.78, 5) is 12.2. The second-order valence-electron chi connectivity index (χ2n) is 6.42. The summed E-state index contributed by atoms with van der Waals surface area (Å²) in [6.07, 6.45) is 5.52. The first-order valence-corrected chi connectivity index (χ1v) is 7.53. The van der Waals surface area contributed by atoms with Crippen molar-refractivity contribution in [2.75, 3.05) is 6.54 Å². The van der Waals surface area contributed by atoms with Gasteiger partial charge in [0.25, 0.3) is 0 Å². The van der Waals surface area contributed by atoms with Gasteiger partial charge in [-0.3, -0.25) is 4.79 Å². The van der Waals surface area contributed by atoms with Crippen molar-refractivity contribution in [2.45, 2.75) is 51.4 Å². The fraction of sp³-hybridized carbons (Fsp3) is 0.588. The number of halogens is 1. The third-order valence-corrected chi connectivity index (χ3v) is 4.28. The molecule has 3 heteroatoms. The highest BCUT2D eigenvalue weighted by atomic mass is 19.1. The van der Waals surface area contributed by atoms with Crippen molar-refractivity contribution in [3.8, 4) is 0 Å². The number of benzene rings is 1. The summed E-state index contributed by atoms with van der Waals surface area (Å²) in [6, 6.07) is 6.79. The van der Waals surface area contributed by atoms with Crippen LogP contribution in [0.3, 0.4) is 0 Å². The van der Waals surface area contributed by atoms with Crippen LogP contribution in [0.5, 0.6) is 0 Å². The van der Waals surface area contributed by atoms with E-state index < -0.39 is 5.41 Å². The summed E-state index contributed by atoms with van der Waals surface area (Å²) in [5, 5.41) is 3.01. The van der Waals surface area contributed by atoms with Gasteiger partial charge in [0.2, 0.25) is 5.91 Å². The standard InChI is InChI=1S/C17H24FNO/c1-17(2,14-10-6-7-11-15(14)18)12-19-16(20)13-8-4-3-5-9-13/h6-7,10-11,13H,3-5,8-9,12H2,1-2H3,(H,19,20). The second kappa shape index (κ2) is 6.38. The van der Waals surface area contributed by atoms with E-state index in [1.54, 1.807) is 12.1 Å². The largest absolute Gasteiger partial charge is 0.355 e. The Hall–Kier alpha value is -1.38. The molecule has 1 aromatic rings. The average Bonchev–Trinajstić information content (AvgIpc) is 2.46. The Morgan fingerprint density at radius 2 is 1.90 bits per heavy atom. The van der Waals surface area contributed by atoms with Crippen LogP contribution in [0.2, 0.25) is 0 Å². The Morgan fingerprint density at radius 3 is 2.55 bits per heavy atom. The third kappa shape index (κ3) is 3.59. The van der Waals surface area contributed by atoms with Crippen LogP contribution in [0.15, 0.2) is 24.3 Å². The van der Waals surface area contributed by atoms with E-state index in [1.807, 2.05) is 19.9 Å². The van der Waals surface area contributed by atoms with Gasteiger partial charge >= 0.3 is 0 Å². The van der Waals surface area contributed by atoms with E-state index in [-0.39, 0.29) is 17.6 Å². The number of carbonyl (C=O) groups excluding carboxylic acids is 1. The molecule has 0 atom stereocenters. The maximum Gasteiger partial charge on any atom is 0.223 e. The van der Waals surface area contributed by atoms with Crippen LogP contribution in [0.25, 0.3) is 0 Å². The molecular weight excluding hydrogens is 253 g/mol. The maximum absolute atomic E-state index is 13.9. The molecule has 0 aromatic heterocycles. The Bertz CT molecular complexity index is 464. The molecule has 110 valence electrons. The van der Waals surface area contributed by atoms with Crippen molar-refractivity contribution in [3.63, 3.8) is 0 Å². The van der Waals surface area contributed by atoms with E-state index in [1.165, 1.54) is 12.5 Å². The normalized spacial score (nSPS) is 16.9. The molecule has 0 radical (unpaired) electrons. The van der Waals surface area contributed by atoms with Crippen molar-refractivity contribution in [1.82, 2.24) is 5.32 Å². The van der Waals surface area contributed by atoms with Crippen molar-refractivity contribution in [3.05, 3.63) is 35.6 Å². The van der Waals surface area contributed by atoms with Crippen LogP contribution < -0.4 is 5.32 Å². The van der Waals surface area contributed by atoms with Gasteiger partial charge < -0.3 is 5.32 Å². The SMILES string of the molecule is CC(C)(CNC(=O)C1CCCCC1)c1ccccc1F. The predicted octanol–water partition coefficient (Wildman–Crippen LogP) is 3.80. The quantitative estimate of drug-likeness (QED) is 0.891. The highest BCUT2D eigenvalue weighted by Gasteiger charge is 2.27. The molecule has 1 aliphatic carbocycles. The summed E-state index contributed by atoms with van der Waals surface area (Å²) in [5.74, 6) is 0.0821. The molecule has 20 heavy (non-hydrogen) atoms. The van der Waals surface area contributed by atoms with Crippen LogP contribution in [-0.2, 0) is 10.2 Å². The highest BCUT2D eigenvalue weighted by molar-refractivity contribution is 5.78. The fourth-order valence-corrected chi connectivity index (χ4v) is 2.92. The van der Waals surface area contributed by atoms with Gasteiger partial charge in [-0.1, -0.05) is 51.3 Å². The molecule has 0 saturated heterocycles. The second-order valence-corrected chi connectivity index (χ2v) is 6.42. The molecule has 1 aliphatic rings. The van der Waals surface area contributed by atoms with Crippen LogP contribution in [0, 0.1) is 11.7 Å². The lowest BCUT2D eigenvalue weighted by Crippen LogP contribution is -2.40. The molecule has 2 nitrogen and oxygen atoms in total. The zero-order chi connectivity index (χ0) is 14.6. The third-order valence-electron chi connectivity index (χ3n) is 4.28. The highest BCUT2D eigenvalue weighted by Crippen LogP contribution is 2.26. The monoisotopic (exact) mass is 277 g/mol. The fourth-order valence-electron chi connectivity index (χ4n) is 2.92. The molecule has 0 spiro atoms. The van der Waals surface area contributed by atoms with Gasteiger partial charge in [0, 0.05) is 17.9 Å². The topological polar surface area (TPSA) is 29.1 Å². The Labute approximate surface area is 120 Å². The van der Waals surface area contributed by atoms with E-state index >= 15 is 0 Å². The van der Waals surface area contributed by atoms with Gasteiger partial charge in [-0.15, -0.1) is 0 Å². The van der Waals surface area contributed by atoms with Gasteiger partial charge in [0.15, 0.2) is 0 Å². The zero-order valence-corrected chi connectivity index (χ0v) is 12.4. The number of amides is 1. The molecule has 1 fully saturated rings. The first-order chi connectivity index (χ1) is 9.50. The first kappa shape index (κ1) is 15.0.